The van der Waals surface area contributed by atoms with Gasteiger partial charge in [-0.05, 0) is 56.7 Å². The third kappa shape index (κ3) is 3.11. The van der Waals surface area contributed by atoms with Crippen LogP contribution in [0.15, 0.2) is 30.3 Å². The van der Waals surface area contributed by atoms with Crippen molar-refractivity contribution in [1.82, 2.24) is 25.1 Å². The molecule has 0 aliphatic carbocycles. The van der Waals surface area contributed by atoms with Gasteiger partial charge in [-0.2, -0.15) is 4.80 Å². The number of rotatable bonds is 5. The molecular formula is C15H19N5S. The lowest BCUT2D eigenvalue weighted by Gasteiger charge is -2.16. The van der Waals surface area contributed by atoms with Gasteiger partial charge in [0.25, 0.3) is 0 Å². The van der Waals surface area contributed by atoms with Crippen LogP contribution in [-0.4, -0.2) is 45.7 Å². The lowest BCUT2D eigenvalue weighted by Crippen LogP contribution is -2.21. The molecule has 0 N–H and O–H groups in total. The molecule has 5 nitrogen and oxygen atoms in total. The van der Waals surface area contributed by atoms with Crippen LogP contribution in [0.25, 0.3) is 10.1 Å². The Kier molecular flexibility index (Phi) is 3.98. The highest BCUT2D eigenvalue weighted by Crippen LogP contribution is 2.32. The first-order chi connectivity index (χ1) is 10.1. The topological polar surface area (TPSA) is 46.8 Å². The van der Waals surface area contributed by atoms with Gasteiger partial charge in [0.05, 0.1) is 0 Å². The average molecular weight is 301 g/mol. The van der Waals surface area contributed by atoms with E-state index in [9.17, 15) is 0 Å². The zero-order valence-electron chi connectivity index (χ0n) is 12.5. The van der Waals surface area contributed by atoms with Gasteiger partial charge in [-0.25, -0.2) is 0 Å². The summed E-state index contributed by atoms with van der Waals surface area (Å²) in [6, 6.07) is 10.9. The van der Waals surface area contributed by atoms with E-state index in [4.69, 9.17) is 0 Å². The summed E-state index contributed by atoms with van der Waals surface area (Å²) < 4.78 is 1.30. The third-order valence-corrected chi connectivity index (χ3v) is 4.65. The van der Waals surface area contributed by atoms with Gasteiger partial charge in [-0.3, -0.25) is 0 Å². The smallest absolute Gasteiger partial charge is 0.171 e. The van der Waals surface area contributed by atoms with Crippen molar-refractivity contribution < 1.29 is 0 Å². The number of nitrogens with zero attached hydrogens (tertiary/aromatic N) is 5. The van der Waals surface area contributed by atoms with Gasteiger partial charge in [0.15, 0.2) is 5.82 Å². The molecule has 0 radical (unpaired) electrons. The number of hydrogen-bond acceptors (Lipinski definition) is 5. The fraction of sp³-hybridized carbons (Fsp3) is 0.400. The molecule has 0 spiro atoms. The lowest BCUT2D eigenvalue weighted by molar-refractivity contribution is 0.342. The van der Waals surface area contributed by atoms with Gasteiger partial charge < -0.3 is 4.90 Å². The van der Waals surface area contributed by atoms with Crippen LogP contribution in [0, 0.1) is 6.92 Å². The largest absolute Gasteiger partial charge is 0.309 e. The quantitative estimate of drug-likeness (QED) is 0.727. The second-order valence-electron chi connectivity index (χ2n) is 5.45. The molecule has 0 aliphatic heterocycles. The van der Waals surface area contributed by atoms with E-state index in [2.05, 4.69) is 64.7 Å². The molecule has 1 unspecified atom stereocenters. The predicted octanol–water partition coefficient (Wildman–Crippen LogP) is 2.74. The Hall–Kier alpha value is -1.79. The van der Waals surface area contributed by atoms with Crippen molar-refractivity contribution in [3.05, 3.63) is 41.0 Å². The summed E-state index contributed by atoms with van der Waals surface area (Å²) in [5.41, 5.74) is 0. The zero-order chi connectivity index (χ0) is 14.8. The molecular weight excluding hydrogens is 282 g/mol. The monoisotopic (exact) mass is 301 g/mol. The van der Waals surface area contributed by atoms with Crippen molar-refractivity contribution in [2.45, 2.75) is 19.4 Å². The third-order valence-electron chi connectivity index (χ3n) is 3.43. The van der Waals surface area contributed by atoms with Crippen LogP contribution in [0.1, 0.15) is 23.2 Å². The number of hydrogen-bond donors (Lipinski definition) is 0. The average Bonchev–Trinajstić information content (AvgIpc) is 3.05. The Morgan fingerprint density at radius 2 is 2.10 bits per heavy atom. The molecule has 1 aromatic carbocycles. The van der Waals surface area contributed by atoms with E-state index in [-0.39, 0.29) is 6.04 Å². The van der Waals surface area contributed by atoms with Crippen molar-refractivity contribution in [2.24, 2.45) is 0 Å². The van der Waals surface area contributed by atoms with E-state index in [1.54, 1.807) is 4.80 Å². The van der Waals surface area contributed by atoms with E-state index in [0.717, 1.165) is 13.0 Å². The van der Waals surface area contributed by atoms with Gasteiger partial charge in [-0.1, -0.05) is 18.2 Å². The molecule has 0 amide bonds. The van der Waals surface area contributed by atoms with Crippen molar-refractivity contribution in [2.75, 3.05) is 20.6 Å². The first-order valence-corrected chi connectivity index (χ1v) is 7.84. The van der Waals surface area contributed by atoms with Crippen LogP contribution in [0.4, 0.5) is 0 Å². The van der Waals surface area contributed by atoms with E-state index in [1.165, 1.54) is 15.0 Å². The number of fused-ring (bicyclic) bond motifs is 1. The van der Waals surface area contributed by atoms with Gasteiger partial charge in [0.1, 0.15) is 6.04 Å². The number of tetrazole rings is 1. The maximum Gasteiger partial charge on any atom is 0.171 e. The van der Waals surface area contributed by atoms with E-state index in [0.29, 0.717) is 5.82 Å². The molecule has 21 heavy (non-hydrogen) atoms. The summed E-state index contributed by atoms with van der Waals surface area (Å²) in [5, 5.41) is 13.9. The first-order valence-electron chi connectivity index (χ1n) is 7.03. The Balaban J connectivity index is 1.97. The molecule has 2 heterocycles. The number of benzene rings is 1. The van der Waals surface area contributed by atoms with Gasteiger partial charge >= 0.3 is 0 Å². The molecule has 110 valence electrons. The number of thiophene rings is 1. The molecule has 0 saturated carbocycles. The van der Waals surface area contributed by atoms with E-state index in [1.807, 2.05) is 18.3 Å². The fourth-order valence-corrected chi connectivity index (χ4v) is 3.53. The summed E-state index contributed by atoms with van der Waals surface area (Å²) in [7, 11) is 4.17. The molecule has 0 bridgehead atoms. The van der Waals surface area contributed by atoms with Crippen LogP contribution < -0.4 is 0 Å². The van der Waals surface area contributed by atoms with Gasteiger partial charge in [-0.15, -0.1) is 21.5 Å². The fourth-order valence-electron chi connectivity index (χ4n) is 2.35. The SMILES string of the molecule is Cc1nnn(C(CCN(C)C)c2cc3ccccc3s2)n1. The molecule has 3 aromatic rings. The first kappa shape index (κ1) is 14.2. The minimum absolute atomic E-state index is 0.144. The van der Waals surface area contributed by atoms with E-state index >= 15 is 0 Å². The molecule has 3 rings (SSSR count). The normalized spacial score (nSPS) is 13.1. The summed E-state index contributed by atoms with van der Waals surface area (Å²) in [6.07, 6.45) is 0.968. The number of aromatic nitrogens is 4. The Morgan fingerprint density at radius 3 is 2.76 bits per heavy atom. The summed E-state index contributed by atoms with van der Waals surface area (Å²) in [4.78, 5) is 5.23. The van der Waals surface area contributed by atoms with Crippen LogP contribution >= 0.6 is 11.3 Å². The van der Waals surface area contributed by atoms with Crippen LogP contribution in [0.2, 0.25) is 0 Å². The summed E-state index contributed by atoms with van der Waals surface area (Å²) >= 11 is 1.81. The molecule has 0 saturated heterocycles. The second-order valence-corrected chi connectivity index (χ2v) is 6.57. The standard InChI is InChI=1S/C15H19N5S/c1-11-16-18-20(17-11)13(8-9-19(2)3)15-10-12-6-4-5-7-14(12)21-15/h4-7,10,13H,8-9H2,1-3H3. The van der Waals surface area contributed by atoms with Crippen molar-refractivity contribution in [1.29, 1.82) is 0 Å². The lowest BCUT2D eigenvalue weighted by atomic mass is 10.1. The maximum absolute atomic E-state index is 4.42. The highest BCUT2D eigenvalue weighted by molar-refractivity contribution is 7.19. The van der Waals surface area contributed by atoms with Crippen molar-refractivity contribution in [3.63, 3.8) is 0 Å². The minimum Gasteiger partial charge on any atom is -0.309 e. The van der Waals surface area contributed by atoms with Crippen LogP contribution in [0.3, 0.4) is 0 Å². The second kappa shape index (κ2) is 5.91. The Bertz CT molecular complexity index is 697. The summed E-state index contributed by atoms with van der Waals surface area (Å²) in [5.74, 6) is 0.714. The molecule has 0 fully saturated rings. The molecule has 2 aromatic heterocycles. The van der Waals surface area contributed by atoms with Gasteiger partial charge in [0, 0.05) is 9.58 Å². The highest BCUT2D eigenvalue weighted by Gasteiger charge is 2.19. The summed E-state index contributed by atoms with van der Waals surface area (Å²) in [6.45, 7) is 2.86. The predicted molar refractivity (Wildman–Crippen MR) is 85.7 cm³/mol. The number of aryl methyl sites for hydroxylation is 1. The molecule has 0 aliphatic rings. The Labute approximate surface area is 128 Å². The highest BCUT2D eigenvalue weighted by atomic mass is 32.1. The van der Waals surface area contributed by atoms with Crippen LogP contribution in [-0.2, 0) is 0 Å². The molecule has 6 heteroatoms. The van der Waals surface area contributed by atoms with Gasteiger partial charge in [0.2, 0.25) is 0 Å². The van der Waals surface area contributed by atoms with Crippen LogP contribution in [0.5, 0.6) is 0 Å². The molecule has 1 atom stereocenters. The van der Waals surface area contributed by atoms with Crippen molar-refractivity contribution in [3.8, 4) is 0 Å². The Morgan fingerprint density at radius 1 is 1.29 bits per heavy atom. The van der Waals surface area contributed by atoms with Crippen molar-refractivity contribution >= 4 is 21.4 Å². The maximum atomic E-state index is 4.42. The van der Waals surface area contributed by atoms with E-state index < -0.39 is 0 Å². The zero-order valence-corrected chi connectivity index (χ0v) is 13.3. The minimum atomic E-state index is 0.144.